The summed E-state index contributed by atoms with van der Waals surface area (Å²) in [7, 11) is 1.51. The number of hydrogen-bond acceptors (Lipinski definition) is 3. The molecule has 1 N–H and O–H groups in total. The second-order valence-electron chi connectivity index (χ2n) is 4.29. The van der Waals surface area contributed by atoms with E-state index in [1.807, 2.05) is 0 Å². The highest BCUT2D eigenvalue weighted by molar-refractivity contribution is 6.02. The minimum atomic E-state index is -0.174. The SMILES string of the molecule is COCn1c(=O)c2ccc[nH]c2c2ccc(=O)cc21. The Labute approximate surface area is 108 Å². The highest BCUT2D eigenvalue weighted by Crippen LogP contribution is 2.19. The normalized spacial score (nSPS) is 11.2. The van der Waals surface area contributed by atoms with Crippen LogP contribution in [0.3, 0.4) is 0 Å². The minimum Gasteiger partial charge on any atom is -0.364 e. The van der Waals surface area contributed by atoms with Crippen LogP contribution in [0, 0.1) is 0 Å². The van der Waals surface area contributed by atoms with E-state index >= 15 is 0 Å². The average Bonchev–Trinajstić information content (AvgIpc) is 2.43. The number of rotatable bonds is 2. The predicted octanol–water partition coefficient (Wildman–Crippen LogP) is 1.45. The zero-order valence-electron chi connectivity index (χ0n) is 10.3. The number of H-pyrrole nitrogens is 1. The van der Waals surface area contributed by atoms with Crippen LogP contribution in [0.25, 0.3) is 21.8 Å². The van der Waals surface area contributed by atoms with E-state index < -0.39 is 0 Å². The van der Waals surface area contributed by atoms with Gasteiger partial charge in [0.25, 0.3) is 5.56 Å². The number of pyridine rings is 2. The van der Waals surface area contributed by atoms with E-state index in [9.17, 15) is 9.59 Å². The predicted molar refractivity (Wildman–Crippen MR) is 73.3 cm³/mol. The molecule has 0 spiro atoms. The number of benzene rings is 1. The van der Waals surface area contributed by atoms with Crippen molar-refractivity contribution in [3.8, 4) is 0 Å². The lowest BCUT2D eigenvalue weighted by molar-refractivity contribution is 0.132. The summed E-state index contributed by atoms with van der Waals surface area (Å²) in [6.45, 7) is 0.115. The highest BCUT2D eigenvalue weighted by atomic mass is 16.5. The molecule has 0 aliphatic heterocycles. The van der Waals surface area contributed by atoms with Gasteiger partial charge in [-0.05, 0) is 24.3 Å². The zero-order chi connectivity index (χ0) is 13.4. The van der Waals surface area contributed by atoms with Crippen molar-refractivity contribution in [1.29, 1.82) is 0 Å². The molecule has 0 aliphatic carbocycles. The first-order valence-electron chi connectivity index (χ1n) is 5.85. The van der Waals surface area contributed by atoms with Crippen molar-refractivity contribution in [2.24, 2.45) is 0 Å². The fourth-order valence-corrected chi connectivity index (χ4v) is 2.30. The smallest absolute Gasteiger partial charge is 0.262 e. The summed E-state index contributed by atoms with van der Waals surface area (Å²) in [5.74, 6) is 0. The van der Waals surface area contributed by atoms with Gasteiger partial charge in [0.05, 0.1) is 16.4 Å². The van der Waals surface area contributed by atoms with Gasteiger partial charge in [-0.3, -0.25) is 14.2 Å². The van der Waals surface area contributed by atoms with Crippen LogP contribution in [0.15, 0.2) is 46.1 Å². The molecule has 0 radical (unpaired) electrons. The Morgan fingerprint density at radius 3 is 2.84 bits per heavy atom. The molecular formula is C14H12N2O3. The number of methoxy groups -OCH3 is 1. The Morgan fingerprint density at radius 2 is 2.05 bits per heavy atom. The first-order chi connectivity index (χ1) is 9.22. The topological polar surface area (TPSA) is 64.1 Å². The third-order valence-corrected chi connectivity index (χ3v) is 3.12. The lowest BCUT2D eigenvalue weighted by Gasteiger charge is -2.11. The lowest BCUT2D eigenvalue weighted by atomic mass is 10.1. The first-order valence-corrected chi connectivity index (χ1v) is 5.85. The number of ether oxygens (including phenoxy) is 1. The van der Waals surface area contributed by atoms with Gasteiger partial charge in [-0.2, -0.15) is 0 Å². The molecule has 3 rings (SSSR count). The third kappa shape index (κ3) is 1.75. The van der Waals surface area contributed by atoms with Crippen molar-refractivity contribution in [3.63, 3.8) is 0 Å². The molecule has 0 fully saturated rings. The molecule has 0 unspecified atom stereocenters. The van der Waals surface area contributed by atoms with Crippen molar-refractivity contribution in [2.45, 2.75) is 6.73 Å². The number of aromatic nitrogens is 2. The summed E-state index contributed by atoms with van der Waals surface area (Å²) in [5.41, 5.74) is 1.00. The molecule has 0 atom stereocenters. The van der Waals surface area contributed by atoms with E-state index in [0.29, 0.717) is 10.9 Å². The van der Waals surface area contributed by atoms with Gasteiger partial charge in [-0.15, -0.1) is 0 Å². The minimum absolute atomic E-state index is 0.115. The molecule has 0 bridgehead atoms. The Kier molecular flexibility index (Phi) is 2.68. The fraction of sp³-hybridized carbons (Fsp3) is 0.143. The maximum absolute atomic E-state index is 12.4. The Hall–Kier alpha value is -2.40. The van der Waals surface area contributed by atoms with Crippen LogP contribution in [0.4, 0.5) is 0 Å². The van der Waals surface area contributed by atoms with Gasteiger partial charge in [0.1, 0.15) is 6.73 Å². The molecule has 3 aromatic rings. The largest absolute Gasteiger partial charge is 0.364 e. The summed E-state index contributed by atoms with van der Waals surface area (Å²) in [5, 5.41) is 1.40. The number of nitrogens with zero attached hydrogens (tertiary/aromatic N) is 1. The van der Waals surface area contributed by atoms with E-state index in [4.69, 9.17) is 4.74 Å². The van der Waals surface area contributed by atoms with Gasteiger partial charge in [-0.1, -0.05) is 0 Å². The maximum atomic E-state index is 12.4. The summed E-state index contributed by atoms with van der Waals surface area (Å²) in [4.78, 5) is 27.0. The van der Waals surface area contributed by atoms with E-state index in [2.05, 4.69) is 4.98 Å². The van der Waals surface area contributed by atoms with Gasteiger partial charge < -0.3 is 9.72 Å². The van der Waals surface area contributed by atoms with E-state index in [0.717, 1.165) is 10.9 Å². The quantitative estimate of drug-likeness (QED) is 0.706. The average molecular weight is 256 g/mol. The van der Waals surface area contributed by atoms with Crippen molar-refractivity contribution < 1.29 is 4.74 Å². The third-order valence-electron chi connectivity index (χ3n) is 3.12. The Bertz CT molecular complexity index is 877. The molecule has 5 heteroatoms. The molecule has 19 heavy (non-hydrogen) atoms. The standard InChI is InChI=1S/C14H12N2O3/c1-19-8-16-12-7-9(17)4-5-10(12)13-11(14(16)18)3-2-6-15-13/h2-7,15H,8H2,1H3. The van der Waals surface area contributed by atoms with Crippen LogP contribution in [-0.4, -0.2) is 16.7 Å². The van der Waals surface area contributed by atoms with Gasteiger partial charge in [-0.25, -0.2) is 0 Å². The maximum Gasteiger partial charge on any atom is 0.262 e. The summed E-state index contributed by atoms with van der Waals surface area (Å²) in [6.07, 6.45) is 1.76. The Balaban J connectivity index is 2.61. The number of aromatic amines is 1. The van der Waals surface area contributed by atoms with Gasteiger partial charge in [0, 0.05) is 24.8 Å². The molecule has 2 heterocycles. The van der Waals surface area contributed by atoms with Crippen LogP contribution in [0.1, 0.15) is 0 Å². The van der Waals surface area contributed by atoms with E-state index in [1.165, 1.54) is 23.8 Å². The van der Waals surface area contributed by atoms with Crippen LogP contribution in [0.5, 0.6) is 0 Å². The van der Waals surface area contributed by atoms with E-state index in [-0.39, 0.29) is 17.7 Å². The van der Waals surface area contributed by atoms with Crippen LogP contribution in [0.2, 0.25) is 0 Å². The molecule has 1 aromatic carbocycles. The van der Waals surface area contributed by atoms with Crippen molar-refractivity contribution in [1.82, 2.24) is 9.55 Å². The van der Waals surface area contributed by atoms with Crippen molar-refractivity contribution in [2.75, 3.05) is 7.11 Å². The summed E-state index contributed by atoms with van der Waals surface area (Å²) >= 11 is 0. The molecule has 0 aliphatic rings. The van der Waals surface area contributed by atoms with Gasteiger partial charge >= 0.3 is 0 Å². The number of hydrogen-bond donors (Lipinski definition) is 1. The molecule has 2 aromatic heterocycles. The molecule has 5 nitrogen and oxygen atoms in total. The van der Waals surface area contributed by atoms with Gasteiger partial charge in [0.15, 0.2) is 5.43 Å². The molecule has 96 valence electrons. The first kappa shape index (κ1) is 11.7. The number of nitrogens with one attached hydrogen (secondary N) is 1. The van der Waals surface area contributed by atoms with Crippen molar-refractivity contribution in [3.05, 3.63) is 57.1 Å². The Morgan fingerprint density at radius 1 is 1.21 bits per heavy atom. The van der Waals surface area contributed by atoms with Crippen LogP contribution in [-0.2, 0) is 11.5 Å². The zero-order valence-corrected chi connectivity index (χ0v) is 10.3. The monoisotopic (exact) mass is 256 g/mol. The molecule has 0 saturated heterocycles. The fourth-order valence-electron chi connectivity index (χ4n) is 2.30. The van der Waals surface area contributed by atoms with E-state index in [1.54, 1.807) is 24.4 Å². The van der Waals surface area contributed by atoms with Crippen LogP contribution >= 0.6 is 0 Å². The van der Waals surface area contributed by atoms with Crippen LogP contribution < -0.4 is 11.0 Å². The number of fused-ring (bicyclic) bond motifs is 3. The molecule has 0 amide bonds. The highest BCUT2D eigenvalue weighted by Gasteiger charge is 2.10. The van der Waals surface area contributed by atoms with Crippen molar-refractivity contribution >= 4 is 21.8 Å². The molecular weight excluding hydrogens is 244 g/mol. The molecule has 0 saturated carbocycles. The summed E-state index contributed by atoms with van der Waals surface area (Å²) < 4.78 is 6.52. The van der Waals surface area contributed by atoms with Gasteiger partial charge in [0.2, 0.25) is 0 Å². The lowest BCUT2D eigenvalue weighted by Crippen LogP contribution is -2.22. The second kappa shape index (κ2) is 4.37. The second-order valence-corrected chi connectivity index (χ2v) is 4.29. The summed E-state index contributed by atoms with van der Waals surface area (Å²) in [6, 6.07) is 8.20.